The number of aldehydes is 1. The number of hydrogen-bond donors (Lipinski definition) is 0. The van der Waals surface area contributed by atoms with Crippen molar-refractivity contribution in [1.82, 2.24) is 0 Å². The molecule has 0 amide bonds. The monoisotopic (exact) mass is 242 g/mol. The predicted octanol–water partition coefficient (Wildman–Crippen LogP) is 3.47. The Morgan fingerprint density at radius 3 is 2.88 bits per heavy atom. The third-order valence-electron chi connectivity index (χ3n) is 3.58. The number of aryl methyl sites for hydroxylation is 1. The summed E-state index contributed by atoms with van der Waals surface area (Å²) in [5, 5.41) is 2.13. The minimum Gasteiger partial charge on any atom is -0.302 e. The van der Waals surface area contributed by atoms with Gasteiger partial charge in [0, 0.05) is 5.75 Å². The van der Waals surface area contributed by atoms with Gasteiger partial charge in [-0.15, -0.1) is 11.8 Å². The standard InChI is InChI=1S/C15H14OS/c16-9-15-13-4-2-1-3-11(13)5-6-14(15)12-7-8-17-10-12/h1-4,7-9,15H,5-6,10H2. The zero-order chi connectivity index (χ0) is 11.7. The SMILES string of the molecule is O=CC1C(=C2C=CSC2)CCc2ccccc21. The Morgan fingerprint density at radius 2 is 2.12 bits per heavy atom. The van der Waals surface area contributed by atoms with Crippen LogP contribution in [0.25, 0.3) is 0 Å². The van der Waals surface area contributed by atoms with Crippen LogP contribution in [0.3, 0.4) is 0 Å². The zero-order valence-electron chi connectivity index (χ0n) is 9.56. The van der Waals surface area contributed by atoms with Crippen LogP contribution in [0.2, 0.25) is 0 Å². The van der Waals surface area contributed by atoms with E-state index in [4.69, 9.17) is 0 Å². The molecule has 0 saturated carbocycles. The van der Waals surface area contributed by atoms with Crippen molar-refractivity contribution >= 4 is 18.0 Å². The van der Waals surface area contributed by atoms with Crippen LogP contribution in [-0.2, 0) is 11.2 Å². The molecular formula is C15H14OS. The van der Waals surface area contributed by atoms with E-state index in [2.05, 4.69) is 29.7 Å². The van der Waals surface area contributed by atoms with Crippen LogP contribution in [0.5, 0.6) is 0 Å². The molecule has 1 nitrogen and oxygen atoms in total. The van der Waals surface area contributed by atoms with E-state index in [9.17, 15) is 4.79 Å². The summed E-state index contributed by atoms with van der Waals surface area (Å²) < 4.78 is 0. The van der Waals surface area contributed by atoms with Gasteiger partial charge in [0.1, 0.15) is 6.29 Å². The number of fused-ring (bicyclic) bond motifs is 1. The first-order chi connectivity index (χ1) is 8.40. The summed E-state index contributed by atoms with van der Waals surface area (Å²) in [6, 6.07) is 8.33. The third kappa shape index (κ3) is 1.87. The average Bonchev–Trinajstić information content (AvgIpc) is 2.91. The Hall–Kier alpha value is -1.28. The Balaban J connectivity index is 2.09. The van der Waals surface area contributed by atoms with Gasteiger partial charge in [-0.25, -0.2) is 0 Å². The van der Waals surface area contributed by atoms with E-state index in [1.165, 1.54) is 22.3 Å². The lowest BCUT2D eigenvalue weighted by molar-refractivity contribution is -0.108. The summed E-state index contributed by atoms with van der Waals surface area (Å²) >= 11 is 1.82. The van der Waals surface area contributed by atoms with Gasteiger partial charge < -0.3 is 4.79 Å². The molecule has 0 spiro atoms. The van der Waals surface area contributed by atoms with Crippen LogP contribution in [0.1, 0.15) is 23.5 Å². The van der Waals surface area contributed by atoms with E-state index < -0.39 is 0 Å². The second-order valence-electron chi connectivity index (χ2n) is 4.48. The molecule has 1 aromatic rings. The maximum Gasteiger partial charge on any atom is 0.131 e. The summed E-state index contributed by atoms with van der Waals surface area (Å²) in [4.78, 5) is 11.4. The van der Waals surface area contributed by atoms with Crippen LogP contribution in [0, 0.1) is 0 Å². The lowest BCUT2D eigenvalue weighted by Crippen LogP contribution is -2.15. The highest BCUT2D eigenvalue weighted by molar-refractivity contribution is 8.02. The summed E-state index contributed by atoms with van der Waals surface area (Å²) in [6.45, 7) is 0. The number of carbonyl (C=O) groups is 1. The smallest absolute Gasteiger partial charge is 0.131 e. The van der Waals surface area contributed by atoms with Crippen molar-refractivity contribution < 1.29 is 4.79 Å². The fourth-order valence-corrected chi connectivity index (χ4v) is 3.53. The zero-order valence-corrected chi connectivity index (χ0v) is 10.4. The first-order valence-corrected chi connectivity index (χ1v) is 6.98. The number of thioether (sulfide) groups is 1. The molecule has 2 aliphatic rings. The molecule has 86 valence electrons. The third-order valence-corrected chi connectivity index (χ3v) is 4.39. The van der Waals surface area contributed by atoms with Crippen LogP contribution < -0.4 is 0 Å². The molecule has 17 heavy (non-hydrogen) atoms. The molecule has 0 fully saturated rings. The van der Waals surface area contributed by atoms with E-state index in [1.807, 2.05) is 17.8 Å². The summed E-state index contributed by atoms with van der Waals surface area (Å²) in [5.41, 5.74) is 5.24. The molecule has 1 atom stereocenters. The Morgan fingerprint density at radius 1 is 1.24 bits per heavy atom. The van der Waals surface area contributed by atoms with Crippen LogP contribution in [0.15, 0.2) is 46.9 Å². The molecule has 0 bridgehead atoms. The Labute approximate surface area is 106 Å². The van der Waals surface area contributed by atoms with Crippen molar-refractivity contribution in [2.45, 2.75) is 18.8 Å². The van der Waals surface area contributed by atoms with Crippen molar-refractivity contribution in [3.63, 3.8) is 0 Å². The highest BCUT2D eigenvalue weighted by Gasteiger charge is 2.26. The number of benzene rings is 1. The van der Waals surface area contributed by atoms with Crippen LogP contribution in [-0.4, -0.2) is 12.0 Å². The van der Waals surface area contributed by atoms with Gasteiger partial charge in [-0.05, 0) is 34.9 Å². The molecule has 0 radical (unpaired) electrons. The Bertz CT molecular complexity index is 513. The highest BCUT2D eigenvalue weighted by Crippen LogP contribution is 2.38. The van der Waals surface area contributed by atoms with Gasteiger partial charge in [0.05, 0.1) is 5.92 Å². The van der Waals surface area contributed by atoms with E-state index in [-0.39, 0.29) is 5.92 Å². The van der Waals surface area contributed by atoms with E-state index in [0.29, 0.717) is 0 Å². The molecule has 0 saturated heterocycles. The van der Waals surface area contributed by atoms with Gasteiger partial charge in [-0.2, -0.15) is 0 Å². The second kappa shape index (κ2) is 4.53. The Kier molecular flexibility index (Phi) is 2.89. The minimum atomic E-state index is -0.0155. The second-order valence-corrected chi connectivity index (χ2v) is 5.37. The number of rotatable bonds is 1. The normalized spacial score (nSPS) is 26.9. The summed E-state index contributed by atoms with van der Waals surface area (Å²) in [7, 11) is 0. The van der Waals surface area contributed by atoms with Gasteiger partial charge in [-0.3, -0.25) is 0 Å². The molecule has 0 aromatic heterocycles. The van der Waals surface area contributed by atoms with Crippen molar-refractivity contribution in [3.05, 3.63) is 58.0 Å². The lowest BCUT2D eigenvalue weighted by Gasteiger charge is -2.26. The van der Waals surface area contributed by atoms with Crippen LogP contribution >= 0.6 is 11.8 Å². The van der Waals surface area contributed by atoms with Crippen LogP contribution in [0.4, 0.5) is 0 Å². The maximum absolute atomic E-state index is 11.4. The highest BCUT2D eigenvalue weighted by atomic mass is 32.2. The molecule has 3 rings (SSSR count). The van der Waals surface area contributed by atoms with E-state index >= 15 is 0 Å². The molecule has 1 unspecified atom stereocenters. The topological polar surface area (TPSA) is 17.1 Å². The largest absolute Gasteiger partial charge is 0.302 e. The first kappa shape index (κ1) is 10.8. The van der Waals surface area contributed by atoms with Gasteiger partial charge in [-0.1, -0.05) is 35.9 Å². The fourth-order valence-electron chi connectivity index (χ4n) is 2.71. The van der Waals surface area contributed by atoms with Gasteiger partial charge >= 0.3 is 0 Å². The summed E-state index contributed by atoms with van der Waals surface area (Å²) in [6.07, 6.45) is 5.38. The lowest BCUT2D eigenvalue weighted by atomic mass is 9.78. The number of allylic oxidation sites excluding steroid dienone is 2. The van der Waals surface area contributed by atoms with Gasteiger partial charge in [0.15, 0.2) is 0 Å². The average molecular weight is 242 g/mol. The molecule has 0 N–H and O–H groups in total. The summed E-state index contributed by atoms with van der Waals surface area (Å²) in [5.74, 6) is 1.01. The van der Waals surface area contributed by atoms with Crippen molar-refractivity contribution in [2.24, 2.45) is 0 Å². The van der Waals surface area contributed by atoms with Gasteiger partial charge in [0.25, 0.3) is 0 Å². The molecule has 1 aromatic carbocycles. The molecule has 1 aliphatic carbocycles. The maximum atomic E-state index is 11.4. The predicted molar refractivity (Wildman–Crippen MR) is 72.2 cm³/mol. The molecule has 1 heterocycles. The number of hydrogen-bond acceptors (Lipinski definition) is 2. The fraction of sp³-hybridized carbons (Fsp3) is 0.267. The molecular weight excluding hydrogens is 228 g/mol. The van der Waals surface area contributed by atoms with Crippen molar-refractivity contribution in [3.8, 4) is 0 Å². The van der Waals surface area contributed by atoms with Crippen molar-refractivity contribution in [1.29, 1.82) is 0 Å². The van der Waals surface area contributed by atoms with Crippen molar-refractivity contribution in [2.75, 3.05) is 5.75 Å². The van der Waals surface area contributed by atoms with E-state index in [1.54, 1.807) is 0 Å². The molecule has 1 aliphatic heterocycles. The quantitative estimate of drug-likeness (QED) is 0.701. The first-order valence-electron chi connectivity index (χ1n) is 5.93. The molecule has 2 heteroatoms. The van der Waals surface area contributed by atoms with E-state index in [0.717, 1.165) is 24.9 Å². The minimum absolute atomic E-state index is 0.0155. The van der Waals surface area contributed by atoms with Gasteiger partial charge in [0.2, 0.25) is 0 Å². The number of carbonyl (C=O) groups excluding carboxylic acids is 1.